The van der Waals surface area contributed by atoms with Crippen LogP contribution in [-0.2, 0) is 0 Å². The molecule has 0 heterocycles. The van der Waals surface area contributed by atoms with E-state index in [9.17, 15) is 14.3 Å². The van der Waals surface area contributed by atoms with Crippen molar-refractivity contribution >= 4 is 11.7 Å². The molecule has 4 fully saturated rings. The number of urea groups is 1. The first-order chi connectivity index (χ1) is 14.6. The zero-order valence-electron chi connectivity index (χ0n) is 18.8. The van der Waals surface area contributed by atoms with Gasteiger partial charge in [-0.25, -0.2) is 9.18 Å². The third-order valence-electron chi connectivity index (χ3n) is 9.66. The van der Waals surface area contributed by atoms with Crippen molar-refractivity contribution in [1.82, 2.24) is 5.32 Å². The van der Waals surface area contributed by atoms with Gasteiger partial charge in [-0.05, 0) is 111 Å². The lowest BCUT2D eigenvalue weighted by Gasteiger charge is -2.64. The lowest BCUT2D eigenvalue weighted by atomic mass is 9.42. The topological polar surface area (TPSA) is 61.4 Å². The minimum atomic E-state index is -0.648. The molecule has 0 aromatic heterocycles. The zero-order valence-corrected chi connectivity index (χ0v) is 18.8. The van der Waals surface area contributed by atoms with E-state index in [0.717, 1.165) is 56.9 Å². The Hall–Kier alpha value is -1.88. The van der Waals surface area contributed by atoms with Crippen molar-refractivity contribution in [2.24, 2.45) is 22.7 Å². The van der Waals surface area contributed by atoms with E-state index in [1.165, 1.54) is 18.6 Å². The Balaban J connectivity index is 1.37. The van der Waals surface area contributed by atoms with E-state index in [-0.39, 0.29) is 28.2 Å². The molecule has 3 N–H and O–H groups in total. The van der Waals surface area contributed by atoms with Crippen molar-refractivity contribution in [3.8, 4) is 0 Å². The van der Waals surface area contributed by atoms with Gasteiger partial charge in [0.15, 0.2) is 0 Å². The van der Waals surface area contributed by atoms with Gasteiger partial charge in [0.25, 0.3) is 0 Å². The molecule has 1 aromatic rings. The number of aliphatic hydroxyl groups is 1. The third-order valence-corrected chi connectivity index (χ3v) is 9.66. The van der Waals surface area contributed by atoms with Crippen molar-refractivity contribution in [1.29, 1.82) is 0 Å². The molecule has 0 aliphatic heterocycles. The molecule has 4 nitrogen and oxygen atoms in total. The first-order valence-electron chi connectivity index (χ1n) is 11.8. The predicted molar refractivity (Wildman–Crippen MR) is 120 cm³/mol. The van der Waals surface area contributed by atoms with E-state index in [1.807, 2.05) is 0 Å². The van der Waals surface area contributed by atoms with Crippen LogP contribution in [0.1, 0.15) is 71.6 Å². The SMILES string of the molecule is C=C1C[C@@]23CC[C@H]4[C@@](C)(CCC[C@@]4(C)NC(=O)Nc4ccc(F)cc4)[C@@H]2CC[C@]1(O)C3. The molecule has 4 aliphatic rings. The van der Waals surface area contributed by atoms with Gasteiger partial charge in [0.05, 0.1) is 5.60 Å². The van der Waals surface area contributed by atoms with E-state index in [0.29, 0.717) is 17.5 Å². The molecule has 168 valence electrons. The maximum absolute atomic E-state index is 13.2. The van der Waals surface area contributed by atoms with Gasteiger partial charge in [-0.1, -0.05) is 19.9 Å². The molecule has 1 aromatic carbocycles. The largest absolute Gasteiger partial charge is 0.386 e. The summed E-state index contributed by atoms with van der Waals surface area (Å²) < 4.78 is 13.2. The van der Waals surface area contributed by atoms with Gasteiger partial charge in [-0.3, -0.25) is 0 Å². The number of carbonyl (C=O) groups excluding carboxylic acids is 1. The number of hydrogen-bond acceptors (Lipinski definition) is 2. The molecule has 4 saturated carbocycles. The second-order valence-corrected chi connectivity index (χ2v) is 11.4. The van der Waals surface area contributed by atoms with Gasteiger partial charge in [0.2, 0.25) is 0 Å². The monoisotopic (exact) mass is 426 g/mol. The van der Waals surface area contributed by atoms with E-state index in [4.69, 9.17) is 0 Å². The first kappa shape index (κ1) is 21.0. The first-order valence-corrected chi connectivity index (χ1v) is 11.8. The van der Waals surface area contributed by atoms with Crippen LogP contribution in [0.25, 0.3) is 0 Å². The Morgan fingerprint density at radius 2 is 1.81 bits per heavy atom. The van der Waals surface area contributed by atoms with E-state index >= 15 is 0 Å². The summed E-state index contributed by atoms with van der Waals surface area (Å²) >= 11 is 0. The third kappa shape index (κ3) is 3.14. The number of halogens is 1. The number of hydrogen-bond donors (Lipinski definition) is 3. The molecule has 5 rings (SSSR count). The number of nitrogens with one attached hydrogen (secondary N) is 2. The number of carbonyl (C=O) groups is 1. The Labute approximate surface area is 184 Å². The Morgan fingerprint density at radius 3 is 2.55 bits per heavy atom. The number of rotatable bonds is 2. The van der Waals surface area contributed by atoms with Crippen LogP contribution in [0.5, 0.6) is 0 Å². The van der Waals surface area contributed by atoms with Crippen LogP contribution in [-0.4, -0.2) is 22.3 Å². The van der Waals surface area contributed by atoms with Gasteiger partial charge < -0.3 is 15.7 Å². The fourth-order valence-corrected chi connectivity index (χ4v) is 8.45. The summed E-state index contributed by atoms with van der Waals surface area (Å²) in [5, 5.41) is 17.3. The molecular formula is C26H35FN2O2. The fraction of sp³-hybridized carbons (Fsp3) is 0.654. The summed E-state index contributed by atoms with van der Waals surface area (Å²) in [4.78, 5) is 12.9. The highest BCUT2D eigenvalue weighted by atomic mass is 19.1. The summed E-state index contributed by atoms with van der Waals surface area (Å²) in [6, 6.07) is 5.67. The molecule has 4 aliphatic carbocycles. The van der Waals surface area contributed by atoms with Crippen LogP contribution in [0.4, 0.5) is 14.9 Å². The van der Waals surface area contributed by atoms with Gasteiger partial charge in [-0.15, -0.1) is 0 Å². The van der Waals surface area contributed by atoms with Crippen molar-refractivity contribution in [2.75, 3.05) is 5.32 Å². The average Bonchev–Trinajstić information content (AvgIpc) is 2.87. The molecule has 2 bridgehead atoms. The smallest absolute Gasteiger partial charge is 0.319 e. The molecular weight excluding hydrogens is 391 g/mol. The molecule has 6 atom stereocenters. The standard InChI is InChI=1S/C26H35FN2O2/c1-17-15-25-13-9-20-23(2,21(25)10-14-26(17,31)16-25)11-4-12-24(20,3)29-22(30)28-19-7-5-18(27)6-8-19/h5-8,20-21,31H,1,4,9-16H2,2-3H3,(H2,28,29,30)/t20-,21-,23+,24+,25+,26-/m0/s1. The van der Waals surface area contributed by atoms with Crippen LogP contribution in [0.15, 0.2) is 36.4 Å². The summed E-state index contributed by atoms with van der Waals surface area (Å²) in [6.45, 7) is 8.92. The summed E-state index contributed by atoms with van der Waals surface area (Å²) in [5.74, 6) is 0.661. The van der Waals surface area contributed by atoms with E-state index < -0.39 is 5.60 Å². The number of benzene rings is 1. The summed E-state index contributed by atoms with van der Waals surface area (Å²) in [7, 11) is 0. The molecule has 1 spiro atoms. The predicted octanol–water partition coefficient (Wildman–Crippen LogP) is 5.78. The summed E-state index contributed by atoms with van der Waals surface area (Å²) in [6.07, 6.45) is 9.16. The van der Waals surface area contributed by atoms with E-state index in [1.54, 1.807) is 12.1 Å². The summed E-state index contributed by atoms with van der Waals surface area (Å²) in [5.41, 5.74) is 1.06. The van der Waals surface area contributed by atoms with Crippen LogP contribution < -0.4 is 10.6 Å². The molecule has 5 heteroatoms. The Bertz CT molecular complexity index is 916. The second-order valence-electron chi connectivity index (χ2n) is 11.4. The molecule has 0 saturated heterocycles. The van der Waals surface area contributed by atoms with Gasteiger partial charge >= 0.3 is 6.03 Å². The van der Waals surface area contributed by atoms with Gasteiger partial charge in [0.1, 0.15) is 5.82 Å². The number of fused-ring (bicyclic) bond motifs is 3. The highest BCUT2D eigenvalue weighted by Gasteiger charge is 2.66. The number of anilines is 1. The van der Waals surface area contributed by atoms with Crippen molar-refractivity contribution in [3.63, 3.8) is 0 Å². The fourth-order valence-electron chi connectivity index (χ4n) is 8.45. The molecule has 0 radical (unpaired) electrons. The number of amides is 2. The van der Waals surface area contributed by atoms with Crippen molar-refractivity contribution in [3.05, 3.63) is 42.2 Å². The van der Waals surface area contributed by atoms with Gasteiger partial charge in [-0.2, -0.15) is 0 Å². The quantitative estimate of drug-likeness (QED) is 0.525. The lowest BCUT2D eigenvalue weighted by Crippen LogP contribution is -2.65. The lowest BCUT2D eigenvalue weighted by molar-refractivity contribution is -0.148. The highest BCUT2D eigenvalue weighted by molar-refractivity contribution is 5.89. The van der Waals surface area contributed by atoms with Crippen LogP contribution in [0.2, 0.25) is 0 Å². The minimum Gasteiger partial charge on any atom is -0.386 e. The highest BCUT2D eigenvalue weighted by Crippen LogP contribution is 2.71. The van der Waals surface area contributed by atoms with Crippen LogP contribution in [0, 0.1) is 28.5 Å². The average molecular weight is 427 g/mol. The molecule has 31 heavy (non-hydrogen) atoms. The zero-order chi connectivity index (χ0) is 22.1. The van der Waals surface area contributed by atoms with Crippen molar-refractivity contribution in [2.45, 2.75) is 82.8 Å². The van der Waals surface area contributed by atoms with Crippen LogP contribution in [0.3, 0.4) is 0 Å². The Kier molecular flexibility index (Phi) is 4.61. The minimum absolute atomic E-state index is 0.153. The maximum atomic E-state index is 13.2. The van der Waals surface area contributed by atoms with Crippen molar-refractivity contribution < 1.29 is 14.3 Å². The second kappa shape index (κ2) is 6.81. The normalized spacial score (nSPS) is 43.7. The van der Waals surface area contributed by atoms with E-state index in [2.05, 4.69) is 31.1 Å². The Morgan fingerprint density at radius 1 is 1.10 bits per heavy atom. The molecule has 2 amide bonds. The van der Waals surface area contributed by atoms with Gasteiger partial charge in [0, 0.05) is 11.2 Å². The maximum Gasteiger partial charge on any atom is 0.319 e. The van der Waals surface area contributed by atoms with Crippen LogP contribution >= 0.6 is 0 Å². The molecule has 0 unspecified atom stereocenters.